The molecular weight excluding hydrogens is 104 g/mol. The van der Waals surface area contributed by atoms with E-state index in [1.165, 1.54) is 0 Å². The van der Waals surface area contributed by atoms with E-state index in [2.05, 4.69) is 5.32 Å². The third kappa shape index (κ3) is 1.43. The highest BCUT2D eigenvalue weighted by molar-refractivity contribution is 4.61. The van der Waals surface area contributed by atoms with Gasteiger partial charge in [0.25, 0.3) is 0 Å². The molecular formula is C5H12N2O. The highest BCUT2D eigenvalue weighted by Gasteiger charge is 2.10. The lowest BCUT2D eigenvalue weighted by Crippen LogP contribution is -3.11. The van der Waals surface area contributed by atoms with Gasteiger partial charge in [0, 0.05) is 6.54 Å². The molecule has 1 aliphatic rings. The molecule has 1 aliphatic heterocycles. The fraction of sp³-hybridized carbons (Fsp3) is 1.00. The van der Waals surface area contributed by atoms with Crippen molar-refractivity contribution >= 4 is 0 Å². The molecule has 2 unspecified atom stereocenters. The number of hydrogen-bond acceptors (Lipinski definition) is 2. The van der Waals surface area contributed by atoms with Crippen LogP contribution < -0.4 is 10.4 Å². The van der Waals surface area contributed by atoms with Crippen molar-refractivity contribution in [1.82, 2.24) is 5.32 Å². The quantitative estimate of drug-likeness (QED) is 0.373. The van der Waals surface area contributed by atoms with Gasteiger partial charge in [0.2, 0.25) is 0 Å². The minimum atomic E-state index is 0.399. The van der Waals surface area contributed by atoms with Crippen molar-refractivity contribution in [2.75, 3.05) is 19.6 Å². The molecule has 1 saturated heterocycles. The van der Waals surface area contributed by atoms with E-state index >= 15 is 0 Å². The first-order chi connectivity index (χ1) is 3.79. The summed E-state index contributed by atoms with van der Waals surface area (Å²) in [6.45, 7) is 4.36. The van der Waals surface area contributed by atoms with Crippen molar-refractivity contribution in [2.45, 2.75) is 13.0 Å². The second-order valence-electron chi connectivity index (χ2n) is 2.35. The Morgan fingerprint density at radius 1 is 1.75 bits per heavy atom. The van der Waals surface area contributed by atoms with Gasteiger partial charge < -0.3 is 15.6 Å². The lowest BCUT2D eigenvalue weighted by atomic mass is 10.3. The molecule has 2 N–H and O–H groups in total. The zero-order chi connectivity index (χ0) is 5.98. The second kappa shape index (κ2) is 2.44. The smallest absolute Gasteiger partial charge is 0.0921 e. The molecule has 0 aromatic rings. The summed E-state index contributed by atoms with van der Waals surface area (Å²) in [5.74, 6) is 0. The monoisotopic (exact) mass is 116 g/mol. The molecule has 0 radical (unpaired) electrons. The Morgan fingerprint density at radius 3 is 2.88 bits per heavy atom. The van der Waals surface area contributed by atoms with Crippen LogP contribution in [0.1, 0.15) is 6.92 Å². The minimum Gasteiger partial charge on any atom is -0.634 e. The third-order valence-electron chi connectivity index (χ3n) is 1.43. The van der Waals surface area contributed by atoms with Crippen LogP contribution in [0.4, 0.5) is 0 Å². The summed E-state index contributed by atoms with van der Waals surface area (Å²) in [5, 5.41) is 14.2. The lowest BCUT2D eigenvalue weighted by Gasteiger charge is -2.31. The third-order valence-corrected chi connectivity index (χ3v) is 1.43. The van der Waals surface area contributed by atoms with Gasteiger partial charge in [0.1, 0.15) is 0 Å². The van der Waals surface area contributed by atoms with E-state index in [9.17, 15) is 5.21 Å². The standard InChI is InChI=1S/C5H12N2O/c1-5-4-7(8)3-2-6-5/h5-7H,2-4H2,1H3. The molecule has 0 saturated carbocycles. The van der Waals surface area contributed by atoms with Crippen molar-refractivity contribution < 1.29 is 5.06 Å². The molecule has 0 aliphatic carbocycles. The van der Waals surface area contributed by atoms with E-state index in [-0.39, 0.29) is 0 Å². The van der Waals surface area contributed by atoms with Crippen LogP contribution in [0.15, 0.2) is 0 Å². The fourth-order valence-corrected chi connectivity index (χ4v) is 0.974. The van der Waals surface area contributed by atoms with E-state index in [0.717, 1.165) is 19.6 Å². The van der Waals surface area contributed by atoms with Gasteiger partial charge >= 0.3 is 0 Å². The van der Waals surface area contributed by atoms with Crippen molar-refractivity contribution in [3.05, 3.63) is 5.21 Å². The number of quaternary nitrogens is 1. The molecule has 1 rings (SSSR count). The number of nitrogens with one attached hydrogen (secondary N) is 2. The van der Waals surface area contributed by atoms with Gasteiger partial charge in [-0.2, -0.15) is 0 Å². The summed E-state index contributed by atoms with van der Waals surface area (Å²) in [5.41, 5.74) is 0. The Morgan fingerprint density at radius 2 is 2.50 bits per heavy atom. The van der Waals surface area contributed by atoms with Gasteiger partial charge in [-0.15, -0.1) is 0 Å². The Hall–Kier alpha value is -0.120. The average molecular weight is 116 g/mol. The SMILES string of the molecule is CC1C[NH+]([O-])CCN1. The van der Waals surface area contributed by atoms with Gasteiger partial charge in [-0.1, -0.05) is 0 Å². The highest BCUT2D eigenvalue weighted by Crippen LogP contribution is 1.76. The van der Waals surface area contributed by atoms with Gasteiger partial charge in [-0.05, 0) is 6.92 Å². The second-order valence-corrected chi connectivity index (χ2v) is 2.35. The van der Waals surface area contributed by atoms with E-state index in [4.69, 9.17) is 0 Å². The topological polar surface area (TPSA) is 39.5 Å². The first kappa shape index (κ1) is 6.01. The van der Waals surface area contributed by atoms with Crippen LogP contribution >= 0.6 is 0 Å². The summed E-state index contributed by atoms with van der Waals surface area (Å²) < 4.78 is 0. The maximum atomic E-state index is 10.6. The van der Waals surface area contributed by atoms with E-state index in [0.29, 0.717) is 11.1 Å². The number of hydrogen-bond donors (Lipinski definition) is 2. The first-order valence-corrected chi connectivity index (χ1v) is 3.04. The zero-order valence-electron chi connectivity index (χ0n) is 5.11. The van der Waals surface area contributed by atoms with Crippen LogP contribution in [0.2, 0.25) is 0 Å². The van der Waals surface area contributed by atoms with Gasteiger partial charge in [-0.25, -0.2) is 0 Å². The number of rotatable bonds is 0. The molecule has 0 amide bonds. The van der Waals surface area contributed by atoms with E-state index < -0.39 is 0 Å². The minimum absolute atomic E-state index is 0.399. The molecule has 0 aromatic carbocycles. The van der Waals surface area contributed by atoms with Crippen molar-refractivity contribution in [3.8, 4) is 0 Å². The van der Waals surface area contributed by atoms with Crippen LogP contribution in [0.5, 0.6) is 0 Å². The van der Waals surface area contributed by atoms with Crippen molar-refractivity contribution in [3.63, 3.8) is 0 Å². The number of hydroxylamine groups is 2. The van der Waals surface area contributed by atoms with Gasteiger partial charge in [0.05, 0.1) is 19.1 Å². The van der Waals surface area contributed by atoms with Crippen LogP contribution in [-0.4, -0.2) is 25.7 Å². The summed E-state index contributed by atoms with van der Waals surface area (Å²) in [6.07, 6.45) is 0. The molecule has 0 bridgehead atoms. The summed E-state index contributed by atoms with van der Waals surface area (Å²) in [6, 6.07) is 0.413. The largest absolute Gasteiger partial charge is 0.634 e. The summed E-state index contributed by atoms with van der Waals surface area (Å²) in [7, 11) is 0. The fourth-order valence-electron chi connectivity index (χ4n) is 0.974. The predicted molar refractivity (Wildman–Crippen MR) is 31.5 cm³/mol. The Kier molecular flexibility index (Phi) is 1.83. The Labute approximate surface area is 49.3 Å². The summed E-state index contributed by atoms with van der Waals surface area (Å²) in [4.78, 5) is 0. The molecule has 1 fully saturated rings. The van der Waals surface area contributed by atoms with E-state index in [1.807, 2.05) is 6.92 Å². The molecule has 3 heteroatoms. The van der Waals surface area contributed by atoms with Crippen LogP contribution in [-0.2, 0) is 0 Å². The maximum absolute atomic E-state index is 10.6. The Balaban J connectivity index is 2.23. The molecule has 0 aromatic heterocycles. The Bertz CT molecular complexity index is 68.8. The highest BCUT2D eigenvalue weighted by atomic mass is 16.5. The van der Waals surface area contributed by atoms with Crippen molar-refractivity contribution in [1.29, 1.82) is 0 Å². The lowest BCUT2D eigenvalue weighted by molar-refractivity contribution is -0.853. The predicted octanol–water partition coefficient (Wildman–Crippen LogP) is -1.64. The van der Waals surface area contributed by atoms with E-state index in [1.54, 1.807) is 0 Å². The first-order valence-electron chi connectivity index (χ1n) is 3.04. The van der Waals surface area contributed by atoms with Crippen molar-refractivity contribution in [2.24, 2.45) is 0 Å². The zero-order valence-corrected chi connectivity index (χ0v) is 5.11. The number of piperazine rings is 1. The molecule has 2 atom stereocenters. The normalized spacial score (nSPS) is 39.8. The van der Waals surface area contributed by atoms with Gasteiger partial charge in [-0.3, -0.25) is 0 Å². The molecule has 3 nitrogen and oxygen atoms in total. The molecule has 0 spiro atoms. The summed E-state index contributed by atoms with van der Waals surface area (Å²) >= 11 is 0. The van der Waals surface area contributed by atoms with Crippen LogP contribution in [0.3, 0.4) is 0 Å². The van der Waals surface area contributed by atoms with Crippen LogP contribution in [0.25, 0.3) is 0 Å². The maximum Gasteiger partial charge on any atom is 0.0921 e. The average Bonchev–Trinajstić information content (AvgIpc) is 1.64. The molecule has 1 heterocycles. The molecule has 8 heavy (non-hydrogen) atoms. The van der Waals surface area contributed by atoms with Crippen LogP contribution in [0, 0.1) is 5.21 Å². The van der Waals surface area contributed by atoms with Gasteiger partial charge in [0.15, 0.2) is 0 Å². The molecule has 48 valence electrons.